The first-order valence-electron chi connectivity index (χ1n) is 15.8. The second kappa shape index (κ2) is 15.3. The van der Waals surface area contributed by atoms with Gasteiger partial charge in [-0.25, -0.2) is 18.8 Å². The number of aliphatic hydroxyl groups is 1. The smallest absolute Gasteiger partial charge is 0.266 e. The predicted molar refractivity (Wildman–Crippen MR) is 183 cm³/mol. The van der Waals surface area contributed by atoms with E-state index in [-0.39, 0.29) is 42.8 Å². The molecule has 0 aromatic heterocycles. The summed E-state index contributed by atoms with van der Waals surface area (Å²) in [6.07, 6.45) is -1.02. The van der Waals surface area contributed by atoms with Crippen LogP contribution in [0.2, 0.25) is 0 Å². The van der Waals surface area contributed by atoms with Crippen molar-refractivity contribution in [1.82, 2.24) is 10.9 Å². The van der Waals surface area contributed by atoms with Crippen LogP contribution in [-0.2, 0) is 25.9 Å². The summed E-state index contributed by atoms with van der Waals surface area (Å²) in [4.78, 5) is 22.4. The van der Waals surface area contributed by atoms with Crippen molar-refractivity contribution in [1.29, 1.82) is 0 Å². The molecule has 258 valence electrons. The summed E-state index contributed by atoms with van der Waals surface area (Å²) in [7, 11) is -3.88. The van der Waals surface area contributed by atoms with Crippen LogP contribution in [0, 0.1) is 0 Å². The highest BCUT2D eigenvalue weighted by Gasteiger charge is 2.54. The maximum absolute atomic E-state index is 14.5. The maximum atomic E-state index is 14.5. The molecule has 0 spiro atoms. The number of sulfone groups is 1. The zero-order valence-electron chi connectivity index (χ0n) is 26.8. The molecule has 2 heterocycles. The molecule has 3 N–H and O–H groups in total. The third kappa shape index (κ3) is 7.51. The summed E-state index contributed by atoms with van der Waals surface area (Å²) in [5.41, 5.74) is 15.0. The van der Waals surface area contributed by atoms with Crippen molar-refractivity contribution in [2.24, 2.45) is 10.1 Å². The van der Waals surface area contributed by atoms with E-state index in [9.17, 15) is 18.7 Å². The van der Waals surface area contributed by atoms with Gasteiger partial charge in [0.25, 0.3) is 5.91 Å². The Morgan fingerprint density at radius 3 is 2.56 bits per heavy atom. The minimum absolute atomic E-state index is 0.00285. The van der Waals surface area contributed by atoms with Crippen LogP contribution in [0.1, 0.15) is 35.6 Å². The molecule has 0 saturated carbocycles. The topological polar surface area (TPSA) is 194 Å². The molecule has 0 aliphatic carbocycles. The number of hydrazine groups is 1. The molecule has 2 aliphatic heterocycles. The molecule has 4 aromatic rings. The lowest BCUT2D eigenvalue weighted by Gasteiger charge is -2.31. The van der Waals surface area contributed by atoms with Crippen LogP contribution >= 0.6 is 0 Å². The number of ether oxygens (including phenoxy) is 4. The lowest BCUT2D eigenvalue weighted by molar-refractivity contribution is -0.130. The van der Waals surface area contributed by atoms with Crippen molar-refractivity contribution >= 4 is 27.3 Å². The zero-order chi connectivity index (χ0) is 35.0. The van der Waals surface area contributed by atoms with E-state index in [2.05, 4.69) is 20.9 Å². The Kier molecular flexibility index (Phi) is 10.5. The van der Waals surface area contributed by atoms with Gasteiger partial charge in [0.2, 0.25) is 12.7 Å². The van der Waals surface area contributed by atoms with Gasteiger partial charge >= 0.3 is 0 Å². The van der Waals surface area contributed by atoms with Gasteiger partial charge in [0.05, 0.1) is 17.3 Å². The van der Waals surface area contributed by atoms with Crippen LogP contribution in [0.5, 0.6) is 17.2 Å². The molecule has 0 bridgehead atoms. The molecule has 14 nitrogen and oxygen atoms in total. The number of rotatable bonds is 15. The van der Waals surface area contributed by atoms with E-state index >= 15 is 0 Å². The number of nitrogens with zero attached hydrogens (tertiary/aromatic N) is 4. The highest BCUT2D eigenvalue weighted by molar-refractivity contribution is 7.91. The number of fused-ring (bicyclic) bond motifs is 1. The van der Waals surface area contributed by atoms with Crippen molar-refractivity contribution in [3.05, 3.63) is 124 Å². The second-order valence-corrected chi connectivity index (χ2v) is 13.5. The van der Waals surface area contributed by atoms with Gasteiger partial charge in [0, 0.05) is 47.7 Å². The largest absolute Gasteiger partial charge is 0.494 e. The van der Waals surface area contributed by atoms with E-state index in [0.717, 1.165) is 5.56 Å². The average Bonchev–Trinajstić information content (AvgIpc) is 3.78. The lowest BCUT2D eigenvalue weighted by Crippen LogP contribution is -2.53. The average molecular weight is 699 g/mol. The van der Waals surface area contributed by atoms with Crippen LogP contribution in [0.15, 0.2) is 112 Å². The van der Waals surface area contributed by atoms with Crippen molar-refractivity contribution < 1.29 is 37.3 Å². The quantitative estimate of drug-likeness (QED) is 0.0500. The minimum atomic E-state index is -3.88. The molecule has 0 saturated heterocycles. The van der Waals surface area contributed by atoms with Gasteiger partial charge in [-0.3, -0.25) is 10.2 Å². The first-order chi connectivity index (χ1) is 24.3. The Bertz CT molecular complexity index is 2020. The van der Waals surface area contributed by atoms with Gasteiger partial charge in [-0.2, -0.15) is 0 Å². The molecule has 15 heteroatoms. The first kappa shape index (κ1) is 34.3. The maximum Gasteiger partial charge on any atom is 0.266 e. The highest BCUT2D eigenvalue weighted by atomic mass is 32.2. The van der Waals surface area contributed by atoms with Crippen molar-refractivity contribution in [3.8, 4) is 17.2 Å². The molecular formula is C35H34N6O8S. The van der Waals surface area contributed by atoms with Gasteiger partial charge in [-0.15, -0.1) is 0 Å². The van der Waals surface area contributed by atoms with Crippen LogP contribution in [0.4, 0.5) is 5.69 Å². The normalized spacial score (nSPS) is 17.7. The van der Waals surface area contributed by atoms with Crippen molar-refractivity contribution in [2.75, 3.05) is 25.8 Å². The molecule has 50 heavy (non-hydrogen) atoms. The molecule has 1 amide bonds. The number of hydrogen-bond acceptors (Lipinski definition) is 11. The Morgan fingerprint density at radius 2 is 1.78 bits per heavy atom. The van der Waals surface area contributed by atoms with E-state index in [0.29, 0.717) is 41.4 Å². The summed E-state index contributed by atoms with van der Waals surface area (Å²) in [6.45, 7) is 0.632. The number of nitrogens with one attached hydrogen (secondary N) is 2. The van der Waals surface area contributed by atoms with Crippen LogP contribution in [-0.4, -0.2) is 56.6 Å². The number of carbonyl (C=O) groups is 1. The fourth-order valence-corrected chi connectivity index (χ4v) is 7.00. The number of aliphatic imine (C=N–C) groups is 1. The van der Waals surface area contributed by atoms with E-state index < -0.39 is 33.1 Å². The molecule has 0 fully saturated rings. The highest BCUT2D eigenvalue weighted by Crippen LogP contribution is 2.46. The number of aliphatic hydroxyl groups excluding tert-OH is 1. The summed E-state index contributed by atoms with van der Waals surface area (Å²) >= 11 is 0. The molecule has 0 radical (unpaired) electrons. The van der Waals surface area contributed by atoms with E-state index in [1.54, 1.807) is 78.9 Å². The molecule has 6 rings (SSSR count). The van der Waals surface area contributed by atoms with Gasteiger partial charge in [-0.1, -0.05) is 53.6 Å². The molecule has 4 aromatic carbocycles. The Balaban J connectivity index is 1.37. The van der Waals surface area contributed by atoms with Crippen LogP contribution in [0.3, 0.4) is 0 Å². The van der Waals surface area contributed by atoms with Crippen molar-refractivity contribution in [2.45, 2.75) is 35.9 Å². The Hall–Kier alpha value is -5.60. The SMILES string of the molecule is [N-]=[N+]=Nc1ccccc1[C@@H]1OC(c2ccc(OCCCO)cc2)=N[C@]1(CCS(=O)(=O)c1ccccc1)C(=O)NNCc1ccc2c(c1)OCO2. The zero-order valence-corrected chi connectivity index (χ0v) is 27.6. The third-order valence-electron chi connectivity index (χ3n) is 8.19. The van der Waals surface area contributed by atoms with E-state index in [4.69, 9.17) is 29.0 Å². The molecule has 2 atom stereocenters. The van der Waals surface area contributed by atoms with E-state index in [1.165, 1.54) is 12.1 Å². The fraction of sp³-hybridized carbons (Fsp3) is 0.257. The number of azide groups is 1. The lowest BCUT2D eigenvalue weighted by atomic mass is 9.84. The Morgan fingerprint density at radius 1 is 1.02 bits per heavy atom. The van der Waals surface area contributed by atoms with Gasteiger partial charge < -0.3 is 24.1 Å². The summed E-state index contributed by atoms with van der Waals surface area (Å²) in [5.74, 6) is 0.710. The minimum Gasteiger partial charge on any atom is -0.494 e. The number of benzene rings is 4. The van der Waals surface area contributed by atoms with Gasteiger partial charge in [0.1, 0.15) is 5.75 Å². The van der Waals surface area contributed by atoms with Gasteiger partial charge in [0.15, 0.2) is 33.0 Å². The monoisotopic (exact) mass is 698 g/mol. The molecular weight excluding hydrogens is 664 g/mol. The summed E-state index contributed by atoms with van der Waals surface area (Å²) < 4.78 is 50.2. The Labute approximate surface area is 288 Å². The molecule has 2 aliphatic rings. The van der Waals surface area contributed by atoms with E-state index in [1.807, 2.05) is 6.07 Å². The number of carbonyl (C=O) groups excluding carboxylic acids is 1. The molecule has 0 unspecified atom stereocenters. The summed E-state index contributed by atoms with van der Waals surface area (Å²) in [5, 5.41) is 12.9. The van der Waals surface area contributed by atoms with Gasteiger partial charge in [-0.05, 0) is 59.6 Å². The summed E-state index contributed by atoms with van der Waals surface area (Å²) in [6, 6.07) is 26.7. The second-order valence-electron chi connectivity index (χ2n) is 11.4. The number of amides is 1. The third-order valence-corrected chi connectivity index (χ3v) is 9.92. The first-order valence-corrected chi connectivity index (χ1v) is 17.4. The number of hydrogen-bond donors (Lipinski definition) is 3. The predicted octanol–water partition coefficient (Wildman–Crippen LogP) is 5.06. The van der Waals surface area contributed by atoms with Crippen LogP contribution < -0.4 is 25.1 Å². The standard InChI is InChI=1S/C35H34N6O8S/c36-41-39-29-10-5-4-9-28(29)32-35(17-20-50(44,45)27-7-2-1-3-8-27,34(43)40-37-22-24-11-16-30-31(21-24)48-23-47-30)38-33(49-32)25-12-14-26(15-13-25)46-19-6-18-42/h1-5,7-16,21,32,37,42H,6,17-20,22-23H2,(H,40,43)/t32-,35-/m0/s1. The van der Waals surface area contributed by atoms with Crippen LogP contribution in [0.25, 0.3) is 10.4 Å². The van der Waals surface area contributed by atoms with Crippen molar-refractivity contribution in [3.63, 3.8) is 0 Å². The fourth-order valence-electron chi connectivity index (χ4n) is 5.62.